The number of amides is 7. The van der Waals surface area contributed by atoms with Crippen LogP contribution >= 0.6 is 0 Å². The van der Waals surface area contributed by atoms with Crippen LogP contribution in [-0.4, -0.2) is 75.7 Å². The van der Waals surface area contributed by atoms with E-state index in [1.54, 1.807) is 151 Å². The van der Waals surface area contributed by atoms with Gasteiger partial charge in [-0.05, 0) is 39.5 Å². The van der Waals surface area contributed by atoms with Crippen LogP contribution < -0.4 is 32.0 Å². The Labute approximate surface area is 362 Å². The largest absolute Gasteiger partial charge is 0.381 e. The summed E-state index contributed by atoms with van der Waals surface area (Å²) in [6.45, 7) is 9.96. The smallest absolute Gasteiger partial charge is 0.309 e. The van der Waals surface area contributed by atoms with E-state index in [0.29, 0.717) is 11.1 Å². The van der Waals surface area contributed by atoms with Crippen LogP contribution in [0.2, 0.25) is 0 Å². The molecule has 0 unspecified atom stereocenters. The zero-order valence-corrected chi connectivity index (χ0v) is 35.9. The fraction of sp³-hybridized carbons (Fsp3) is 0.340. The van der Waals surface area contributed by atoms with Crippen molar-refractivity contribution in [3.8, 4) is 0 Å². The highest BCUT2D eigenvalue weighted by Gasteiger charge is 2.40. The monoisotopic (exact) mass is 847 g/mol. The minimum atomic E-state index is -1.99. The maximum absolute atomic E-state index is 14.5. The third-order valence-corrected chi connectivity index (χ3v) is 9.77. The lowest BCUT2D eigenvalue weighted by atomic mass is 9.85. The Balaban J connectivity index is 1.58. The number of benzene rings is 4. The van der Waals surface area contributed by atoms with E-state index in [9.17, 15) is 38.7 Å². The van der Waals surface area contributed by atoms with Gasteiger partial charge in [0, 0.05) is 13.1 Å². The fourth-order valence-corrected chi connectivity index (χ4v) is 6.30. The lowest BCUT2D eigenvalue weighted by Gasteiger charge is -2.35. The summed E-state index contributed by atoms with van der Waals surface area (Å²) in [4.78, 5) is 94.6. The zero-order chi connectivity index (χ0) is 45.5. The molecule has 4 aromatic rings. The van der Waals surface area contributed by atoms with Crippen molar-refractivity contribution in [1.29, 1.82) is 0 Å². The van der Waals surface area contributed by atoms with Gasteiger partial charge in [-0.2, -0.15) is 0 Å². The molecule has 7 amide bonds. The summed E-state index contributed by atoms with van der Waals surface area (Å²) in [5, 5.41) is 25.6. The van der Waals surface area contributed by atoms with Crippen molar-refractivity contribution in [1.82, 2.24) is 37.0 Å². The first kappa shape index (κ1) is 47.8. The molecular weight excluding hydrogens is 791 g/mol. The molecule has 0 radical (unpaired) electrons. The SMILES string of the molecule is CC(C)(C)[C@H](NC(=O)C(=O)NCc1ccccc1)C(=O)N[C@@H](Cc1ccccc1)[C@H](O)C(=O)N(Cc1ccccc1)NC(=O)[C@@H](NC(=O)C(=O)NCc1ccccc1)C(C)(C)C. The Kier molecular flexibility index (Phi) is 17.0. The standard InChI is InChI=1S/C47H57N7O8/c1-46(2,3)37(51-43(60)41(58)48-28-32-21-13-8-14-22-32)39(56)50-35(27-31-19-11-7-12-20-31)36(55)45(62)54(30-34-25-17-10-18-26-34)53-40(57)38(47(4,5)6)52-44(61)42(59)49-29-33-23-15-9-16-24-33/h7-26,35-38,55H,27-30H2,1-6H3,(H,48,58)(H,49,59)(H,50,56)(H,51,60)(H,52,61)(H,53,57)/t35-,36-,37+,38+/m0/s1. The molecule has 4 aromatic carbocycles. The van der Waals surface area contributed by atoms with Gasteiger partial charge in [0.15, 0.2) is 6.10 Å². The van der Waals surface area contributed by atoms with Crippen LogP contribution in [-0.2, 0) is 59.6 Å². The molecule has 0 saturated heterocycles. The summed E-state index contributed by atoms with van der Waals surface area (Å²) < 4.78 is 0. The first-order valence-electron chi connectivity index (χ1n) is 20.3. The minimum absolute atomic E-state index is 0.0618. The van der Waals surface area contributed by atoms with Gasteiger partial charge in [0.05, 0.1) is 12.6 Å². The van der Waals surface area contributed by atoms with Gasteiger partial charge in [0.2, 0.25) is 5.91 Å². The van der Waals surface area contributed by atoms with Gasteiger partial charge in [0.25, 0.3) is 11.8 Å². The van der Waals surface area contributed by atoms with Crippen molar-refractivity contribution in [2.45, 2.75) is 91.8 Å². The number of hydrogen-bond acceptors (Lipinski definition) is 8. The molecule has 0 fully saturated rings. The van der Waals surface area contributed by atoms with E-state index in [1.807, 2.05) is 12.1 Å². The van der Waals surface area contributed by atoms with E-state index in [0.717, 1.165) is 16.1 Å². The van der Waals surface area contributed by atoms with Crippen molar-refractivity contribution in [3.63, 3.8) is 0 Å². The maximum Gasteiger partial charge on any atom is 0.309 e. The zero-order valence-electron chi connectivity index (χ0n) is 35.9. The Hall–Kier alpha value is -6.87. The lowest BCUT2D eigenvalue weighted by molar-refractivity contribution is -0.153. The van der Waals surface area contributed by atoms with Crippen LogP contribution in [0.5, 0.6) is 0 Å². The summed E-state index contributed by atoms with van der Waals surface area (Å²) in [6.07, 6.45) is -2.05. The number of aliphatic hydroxyl groups excluding tert-OH is 1. The fourth-order valence-electron chi connectivity index (χ4n) is 6.30. The lowest BCUT2D eigenvalue weighted by Crippen LogP contribution is -2.63. The highest BCUT2D eigenvalue weighted by Crippen LogP contribution is 2.22. The highest BCUT2D eigenvalue weighted by molar-refractivity contribution is 6.36. The van der Waals surface area contributed by atoms with E-state index in [-0.39, 0.29) is 26.1 Å². The number of aliphatic hydroxyl groups is 1. The predicted octanol–water partition coefficient (Wildman–Crippen LogP) is 2.83. The number of carbonyl (C=O) groups is 7. The Bertz CT molecular complexity index is 2140. The van der Waals surface area contributed by atoms with Crippen molar-refractivity contribution < 1.29 is 38.7 Å². The number of carbonyl (C=O) groups excluding carboxylic acids is 7. The van der Waals surface area contributed by atoms with Gasteiger partial charge in [-0.25, -0.2) is 5.01 Å². The minimum Gasteiger partial charge on any atom is -0.381 e. The first-order chi connectivity index (χ1) is 29.3. The number of rotatable bonds is 15. The van der Waals surface area contributed by atoms with Gasteiger partial charge in [-0.3, -0.25) is 39.0 Å². The second-order valence-electron chi connectivity index (χ2n) is 17.0. The quantitative estimate of drug-likeness (QED) is 0.0697. The number of hydrazine groups is 1. The van der Waals surface area contributed by atoms with E-state index >= 15 is 0 Å². The van der Waals surface area contributed by atoms with E-state index in [4.69, 9.17) is 0 Å². The van der Waals surface area contributed by atoms with E-state index in [2.05, 4.69) is 32.0 Å². The third-order valence-electron chi connectivity index (χ3n) is 9.77. The molecular formula is C47H57N7O8. The van der Waals surface area contributed by atoms with Crippen LogP contribution in [0.3, 0.4) is 0 Å². The number of nitrogens with one attached hydrogen (secondary N) is 6. The normalized spacial score (nSPS) is 13.2. The molecule has 62 heavy (non-hydrogen) atoms. The number of nitrogens with zero attached hydrogens (tertiary/aromatic N) is 1. The molecule has 7 N–H and O–H groups in total. The molecule has 328 valence electrons. The van der Waals surface area contributed by atoms with E-state index < -0.39 is 76.4 Å². The third kappa shape index (κ3) is 14.7. The Morgan fingerprint density at radius 3 is 1.27 bits per heavy atom. The molecule has 15 heteroatoms. The average Bonchev–Trinajstić information content (AvgIpc) is 3.25. The number of hydrogen-bond donors (Lipinski definition) is 7. The van der Waals surface area contributed by atoms with Crippen molar-refractivity contribution in [2.75, 3.05) is 0 Å². The van der Waals surface area contributed by atoms with E-state index in [1.165, 1.54) is 0 Å². The molecule has 0 heterocycles. The second kappa shape index (κ2) is 22.1. The van der Waals surface area contributed by atoms with Crippen LogP contribution in [0.25, 0.3) is 0 Å². The molecule has 15 nitrogen and oxygen atoms in total. The maximum atomic E-state index is 14.5. The molecule has 0 saturated carbocycles. The average molecular weight is 848 g/mol. The van der Waals surface area contributed by atoms with Crippen LogP contribution in [0.15, 0.2) is 121 Å². The van der Waals surface area contributed by atoms with Crippen molar-refractivity contribution in [2.24, 2.45) is 10.8 Å². The van der Waals surface area contributed by atoms with Gasteiger partial charge in [-0.15, -0.1) is 0 Å². The Morgan fingerprint density at radius 2 is 0.871 bits per heavy atom. The van der Waals surface area contributed by atoms with Gasteiger partial charge in [0.1, 0.15) is 12.1 Å². The summed E-state index contributed by atoms with van der Waals surface area (Å²) >= 11 is 0. The molecule has 0 aliphatic rings. The van der Waals surface area contributed by atoms with Crippen LogP contribution in [0, 0.1) is 10.8 Å². The van der Waals surface area contributed by atoms with Crippen LogP contribution in [0.4, 0.5) is 0 Å². The predicted molar refractivity (Wildman–Crippen MR) is 233 cm³/mol. The molecule has 4 atom stereocenters. The van der Waals surface area contributed by atoms with Gasteiger partial charge < -0.3 is 31.7 Å². The van der Waals surface area contributed by atoms with Crippen molar-refractivity contribution >= 4 is 41.4 Å². The van der Waals surface area contributed by atoms with Gasteiger partial charge in [-0.1, -0.05) is 163 Å². The van der Waals surface area contributed by atoms with Gasteiger partial charge >= 0.3 is 23.6 Å². The highest BCUT2D eigenvalue weighted by atomic mass is 16.3. The summed E-state index contributed by atoms with van der Waals surface area (Å²) in [5.74, 6) is -6.72. The second-order valence-corrected chi connectivity index (χ2v) is 17.0. The molecule has 0 aromatic heterocycles. The topological polar surface area (TPSA) is 215 Å². The summed E-state index contributed by atoms with van der Waals surface area (Å²) in [5.41, 5.74) is 3.35. The summed E-state index contributed by atoms with van der Waals surface area (Å²) in [6, 6.07) is 31.3. The molecule has 0 aliphatic heterocycles. The van der Waals surface area contributed by atoms with Crippen molar-refractivity contribution in [3.05, 3.63) is 144 Å². The molecule has 0 bridgehead atoms. The first-order valence-corrected chi connectivity index (χ1v) is 20.3. The Morgan fingerprint density at radius 1 is 0.500 bits per heavy atom. The summed E-state index contributed by atoms with van der Waals surface area (Å²) in [7, 11) is 0. The molecule has 0 aliphatic carbocycles. The van der Waals surface area contributed by atoms with Crippen LogP contribution in [0.1, 0.15) is 63.8 Å². The molecule has 0 spiro atoms. The molecule has 4 rings (SSSR count).